The van der Waals surface area contributed by atoms with Crippen LogP contribution in [0.5, 0.6) is 0 Å². The molecule has 3 aromatic rings. The summed E-state index contributed by atoms with van der Waals surface area (Å²) in [6.07, 6.45) is 2.83. The van der Waals surface area contributed by atoms with Gasteiger partial charge in [-0.2, -0.15) is 0 Å². The quantitative estimate of drug-likeness (QED) is 0.534. The maximum atomic E-state index is 12.0. The lowest BCUT2D eigenvalue weighted by Crippen LogP contribution is -2.21. The molecule has 3 heterocycles. The molecule has 0 aliphatic carbocycles. The van der Waals surface area contributed by atoms with Crippen LogP contribution in [0.1, 0.15) is 5.69 Å². The molecule has 0 amide bonds. The third-order valence-electron chi connectivity index (χ3n) is 3.01. The Bertz CT molecular complexity index is 923. The maximum absolute atomic E-state index is 12.0. The monoisotopic (exact) mass is 348 g/mol. The molecule has 0 aromatic carbocycles. The summed E-state index contributed by atoms with van der Waals surface area (Å²) < 4.78 is 1.18. The fraction of sp³-hybridized carbons (Fsp3) is 0.0714. The smallest absolute Gasteiger partial charge is 0.287 e. The van der Waals surface area contributed by atoms with Gasteiger partial charge in [0.05, 0.1) is 29.1 Å². The average Bonchev–Trinajstić information content (AvgIpc) is 3.01. The number of thiazole rings is 1. The first kappa shape index (κ1) is 15.3. The van der Waals surface area contributed by atoms with Gasteiger partial charge in [-0.15, -0.1) is 11.3 Å². The molecule has 0 saturated heterocycles. The number of hydrogen-bond acceptors (Lipinski definition) is 6. The molecule has 0 unspecified atom stereocenters. The van der Waals surface area contributed by atoms with Crippen molar-refractivity contribution >= 4 is 28.6 Å². The van der Waals surface area contributed by atoms with Crippen molar-refractivity contribution in [3.05, 3.63) is 73.2 Å². The van der Waals surface area contributed by atoms with Crippen molar-refractivity contribution in [3.8, 4) is 10.7 Å². The number of aromatic nitrogens is 3. The van der Waals surface area contributed by atoms with E-state index in [4.69, 9.17) is 11.6 Å². The van der Waals surface area contributed by atoms with Crippen LogP contribution in [0.15, 0.2) is 46.8 Å². The molecule has 9 heteroatoms. The van der Waals surface area contributed by atoms with Crippen molar-refractivity contribution in [2.45, 2.75) is 6.54 Å². The Morgan fingerprint density at radius 2 is 2.22 bits per heavy atom. The summed E-state index contributed by atoms with van der Waals surface area (Å²) in [5, 5.41) is 13.2. The summed E-state index contributed by atoms with van der Waals surface area (Å²) in [4.78, 5) is 30.9. The minimum atomic E-state index is -0.595. The zero-order valence-corrected chi connectivity index (χ0v) is 13.1. The summed E-state index contributed by atoms with van der Waals surface area (Å²) in [7, 11) is 0. The van der Waals surface area contributed by atoms with Crippen LogP contribution < -0.4 is 5.56 Å². The molecule has 23 heavy (non-hydrogen) atoms. The number of halogens is 1. The van der Waals surface area contributed by atoms with Gasteiger partial charge >= 0.3 is 0 Å². The molecular formula is C14H9ClN4O3S. The van der Waals surface area contributed by atoms with Gasteiger partial charge in [-0.25, -0.2) is 4.98 Å². The molecular weight excluding hydrogens is 340 g/mol. The van der Waals surface area contributed by atoms with Crippen molar-refractivity contribution in [2.24, 2.45) is 0 Å². The predicted octanol–water partition coefficient (Wildman–Crippen LogP) is 2.98. The fourth-order valence-electron chi connectivity index (χ4n) is 1.96. The third kappa shape index (κ3) is 3.27. The highest BCUT2D eigenvalue weighted by molar-refractivity contribution is 7.13. The van der Waals surface area contributed by atoms with E-state index < -0.39 is 10.5 Å². The second-order valence-corrected chi connectivity index (χ2v) is 5.86. The Labute approximate surface area is 139 Å². The van der Waals surface area contributed by atoms with Crippen molar-refractivity contribution < 1.29 is 4.92 Å². The lowest BCUT2D eigenvalue weighted by molar-refractivity contribution is -0.385. The number of hydrogen-bond donors (Lipinski definition) is 0. The highest BCUT2D eigenvalue weighted by Gasteiger charge is 2.14. The van der Waals surface area contributed by atoms with Gasteiger partial charge in [0.25, 0.3) is 11.2 Å². The first-order valence-corrected chi connectivity index (χ1v) is 7.70. The van der Waals surface area contributed by atoms with Crippen LogP contribution in [0.2, 0.25) is 5.02 Å². The van der Waals surface area contributed by atoms with Crippen LogP contribution in [0.4, 0.5) is 5.69 Å². The van der Waals surface area contributed by atoms with E-state index >= 15 is 0 Å². The van der Waals surface area contributed by atoms with Crippen molar-refractivity contribution in [1.82, 2.24) is 14.5 Å². The second-order valence-electron chi connectivity index (χ2n) is 4.60. The van der Waals surface area contributed by atoms with Gasteiger partial charge in [0.15, 0.2) is 0 Å². The Morgan fingerprint density at radius 1 is 1.39 bits per heavy atom. The minimum Gasteiger partial charge on any atom is -0.301 e. The molecule has 116 valence electrons. The fourth-order valence-corrected chi connectivity index (χ4v) is 2.97. The normalized spacial score (nSPS) is 10.7. The number of nitrogens with zero attached hydrogens (tertiary/aromatic N) is 4. The van der Waals surface area contributed by atoms with E-state index in [0.717, 1.165) is 18.0 Å². The Hall–Kier alpha value is -2.58. The Morgan fingerprint density at radius 3 is 2.91 bits per heavy atom. The van der Waals surface area contributed by atoms with E-state index in [0.29, 0.717) is 10.7 Å². The van der Waals surface area contributed by atoms with E-state index in [2.05, 4.69) is 9.97 Å². The summed E-state index contributed by atoms with van der Waals surface area (Å²) in [5.74, 6) is 0. The molecule has 0 saturated carbocycles. The molecule has 0 bridgehead atoms. The lowest BCUT2D eigenvalue weighted by atomic mass is 10.3. The SMILES string of the molecule is O=c1c(Cl)cc([N+](=O)[O-])cn1Cc1csc(-c2ccccn2)n1. The maximum Gasteiger partial charge on any atom is 0.287 e. The topological polar surface area (TPSA) is 90.9 Å². The standard InChI is InChI=1S/C14H9ClN4O3S/c15-11-5-10(19(21)22)7-18(14(11)20)6-9-8-23-13(17-9)12-3-1-2-4-16-12/h1-5,7-8H,6H2. The van der Waals surface area contributed by atoms with E-state index in [1.165, 1.54) is 15.9 Å². The number of rotatable bonds is 4. The van der Waals surface area contributed by atoms with Gasteiger partial charge in [0.2, 0.25) is 0 Å². The first-order chi connectivity index (χ1) is 11.0. The van der Waals surface area contributed by atoms with Crippen molar-refractivity contribution in [2.75, 3.05) is 0 Å². The zero-order chi connectivity index (χ0) is 16.4. The second kappa shape index (κ2) is 6.27. The molecule has 0 aliphatic heterocycles. The van der Waals surface area contributed by atoms with E-state index in [1.807, 2.05) is 18.2 Å². The molecule has 0 fully saturated rings. The van der Waals surface area contributed by atoms with E-state index in [9.17, 15) is 14.9 Å². The molecule has 0 spiro atoms. The predicted molar refractivity (Wildman–Crippen MR) is 86.8 cm³/mol. The van der Waals surface area contributed by atoms with Crippen molar-refractivity contribution in [3.63, 3.8) is 0 Å². The van der Waals surface area contributed by atoms with Gasteiger partial charge in [0.1, 0.15) is 10.0 Å². The zero-order valence-electron chi connectivity index (χ0n) is 11.5. The molecule has 7 nitrogen and oxygen atoms in total. The minimum absolute atomic E-state index is 0.101. The Balaban J connectivity index is 1.93. The molecule has 0 radical (unpaired) electrons. The molecule has 0 aliphatic rings. The Kier molecular flexibility index (Phi) is 4.18. The van der Waals surface area contributed by atoms with E-state index in [-0.39, 0.29) is 17.3 Å². The first-order valence-electron chi connectivity index (χ1n) is 6.45. The van der Waals surface area contributed by atoms with Crippen LogP contribution in [0.3, 0.4) is 0 Å². The van der Waals surface area contributed by atoms with Gasteiger partial charge in [-0.1, -0.05) is 17.7 Å². The third-order valence-corrected chi connectivity index (χ3v) is 4.19. The van der Waals surface area contributed by atoms with Gasteiger partial charge in [0, 0.05) is 17.6 Å². The molecule has 3 aromatic heterocycles. The van der Waals surface area contributed by atoms with Crippen LogP contribution >= 0.6 is 22.9 Å². The number of nitro groups is 1. The highest BCUT2D eigenvalue weighted by atomic mass is 35.5. The van der Waals surface area contributed by atoms with Crippen LogP contribution in [0.25, 0.3) is 10.7 Å². The van der Waals surface area contributed by atoms with Gasteiger partial charge in [-0.3, -0.25) is 19.9 Å². The summed E-state index contributed by atoms with van der Waals surface area (Å²) in [5.41, 5.74) is 0.599. The largest absolute Gasteiger partial charge is 0.301 e. The summed E-state index contributed by atoms with van der Waals surface area (Å²) >= 11 is 7.15. The van der Waals surface area contributed by atoms with Gasteiger partial charge in [-0.05, 0) is 12.1 Å². The molecule has 0 N–H and O–H groups in total. The van der Waals surface area contributed by atoms with Gasteiger partial charge < -0.3 is 4.57 Å². The average molecular weight is 349 g/mol. The van der Waals surface area contributed by atoms with Crippen molar-refractivity contribution in [1.29, 1.82) is 0 Å². The molecule has 0 atom stereocenters. The van der Waals surface area contributed by atoms with Crippen LogP contribution in [-0.2, 0) is 6.54 Å². The molecule has 3 rings (SSSR count). The number of pyridine rings is 2. The lowest BCUT2D eigenvalue weighted by Gasteiger charge is -2.04. The van der Waals surface area contributed by atoms with Crippen LogP contribution in [0, 0.1) is 10.1 Å². The highest BCUT2D eigenvalue weighted by Crippen LogP contribution is 2.22. The van der Waals surface area contributed by atoms with E-state index in [1.54, 1.807) is 11.6 Å². The van der Waals surface area contributed by atoms with Crippen LogP contribution in [-0.4, -0.2) is 19.5 Å². The summed E-state index contributed by atoms with van der Waals surface area (Å²) in [6, 6.07) is 6.54. The summed E-state index contributed by atoms with van der Waals surface area (Å²) in [6.45, 7) is 0.101.